The second-order valence-electron chi connectivity index (χ2n) is 4.11. The summed E-state index contributed by atoms with van der Waals surface area (Å²) in [4.78, 5) is 0. The number of nitrogens with one attached hydrogen (secondary N) is 1. The van der Waals surface area contributed by atoms with Crippen LogP contribution in [0.1, 0.15) is 12.0 Å². The molecule has 1 saturated heterocycles. The molecule has 0 amide bonds. The molecule has 1 aromatic rings. The molecular formula is C12H15ClFNO. The summed E-state index contributed by atoms with van der Waals surface area (Å²) in [6, 6.07) is 2.98. The molecule has 1 N–H and O–H groups in total. The van der Waals surface area contributed by atoms with Gasteiger partial charge in [0.15, 0.2) is 0 Å². The fraction of sp³-hybridized carbons (Fsp3) is 0.500. The summed E-state index contributed by atoms with van der Waals surface area (Å²) in [5.74, 6) is 0.779. The van der Waals surface area contributed by atoms with Crippen LogP contribution in [-0.2, 0) is 6.42 Å². The van der Waals surface area contributed by atoms with Crippen molar-refractivity contribution in [3.05, 3.63) is 28.5 Å². The molecule has 1 aliphatic rings. The van der Waals surface area contributed by atoms with Gasteiger partial charge in [-0.2, -0.15) is 0 Å². The van der Waals surface area contributed by atoms with Crippen molar-refractivity contribution in [2.45, 2.75) is 12.8 Å². The van der Waals surface area contributed by atoms with Crippen molar-refractivity contribution in [1.29, 1.82) is 0 Å². The Labute approximate surface area is 99.7 Å². The Hall–Kier alpha value is -0.800. The topological polar surface area (TPSA) is 21.3 Å². The molecule has 0 spiro atoms. The molecule has 1 aromatic carbocycles. The average Bonchev–Trinajstić information content (AvgIpc) is 2.77. The van der Waals surface area contributed by atoms with E-state index in [-0.39, 0.29) is 5.82 Å². The first kappa shape index (κ1) is 11.7. The fourth-order valence-electron chi connectivity index (χ4n) is 2.10. The number of benzene rings is 1. The molecule has 2 nitrogen and oxygen atoms in total. The van der Waals surface area contributed by atoms with Crippen LogP contribution >= 0.6 is 11.6 Å². The molecular weight excluding hydrogens is 229 g/mol. The quantitative estimate of drug-likeness (QED) is 0.881. The summed E-state index contributed by atoms with van der Waals surface area (Å²) in [6.45, 7) is 1.95. The Balaban J connectivity index is 2.23. The summed E-state index contributed by atoms with van der Waals surface area (Å²) >= 11 is 6.11. The van der Waals surface area contributed by atoms with Gasteiger partial charge in [-0.1, -0.05) is 11.6 Å². The van der Waals surface area contributed by atoms with Crippen LogP contribution in [0.15, 0.2) is 12.1 Å². The highest BCUT2D eigenvalue weighted by Crippen LogP contribution is 2.32. The van der Waals surface area contributed by atoms with Crippen LogP contribution < -0.4 is 10.1 Å². The molecule has 1 unspecified atom stereocenters. The first-order valence-electron chi connectivity index (χ1n) is 5.44. The Morgan fingerprint density at radius 1 is 1.56 bits per heavy atom. The van der Waals surface area contributed by atoms with Crippen molar-refractivity contribution in [2.24, 2.45) is 5.92 Å². The molecule has 88 valence electrons. The summed E-state index contributed by atoms with van der Waals surface area (Å²) in [7, 11) is 1.54. The number of hydrogen-bond acceptors (Lipinski definition) is 2. The molecule has 0 radical (unpaired) electrons. The Morgan fingerprint density at radius 3 is 3.00 bits per heavy atom. The lowest BCUT2D eigenvalue weighted by molar-refractivity contribution is 0.412. The lowest BCUT2D eigenvalue weighted by atomic mass is 9.98. The van der Waals surface area contributed by atoms with E-state index in [1.54, 1.807) is 13.2 Å². The summed E-state index contributed by atoms with van der Waals surface area (Å²) in [5, 5.41) is 3.67. The monoisotopic (exact) mass is 243 g/mol. The minimum atomic E-state index is -0.238. The molecule has 1 aliphatic heterocycles. The van der Waals surface area contributed by atoms with Crippen LogP contribution in [0.2, 0.25) is 5.02 Å². The average molecular weight is 244 g/mol. The number of halogens is 2. The van der Waals surface area contributed by atoms with Crippen molar-refractivity contribution in [1.82, 2.24) is 5.32 Å². The van der Waals surface area contributed by atoms with E-state index in [0.717, 1.165) is 19.5 Å². The zero-order valence-electron chi connectivity index (χ0n) is 9.22. The van der Waals surface area contributed by atoms with Gasteiger partial charge in [0.25, 0.3) is 0 Å². The molecule has 0 aliphatic carbocycles. The predicted molar refractivity (Wildman–Crippen MR) is 62.6 cm³/mol. The van der Waals surface area contributed by atoms with E-state index in [4.69, 9.17) is 16.3 Å². The van der Waals surface area contributed by atoms with Gasteiger partial charge in [-0.05, 0) is 44.0 Å². The maximum Gasteiger partial charge on any atom is 0.137 e. The van der Waals surface area contributed by atoms with Crippen molar-refractivity contribution < 1.29 is 9.13 Å². The summed E-state index contributed by atoms with van der Waals surface area (Å²) in [5.41, 5.74) is 0.578. The van der Waals surface area contributed by atoms with Crippen molar-refractivity contribution >= 4 is 11.6 Å². The maximum atomic E-state index is 13.7. The highest BCUT2D eigenvalue weighted by molar-refractivity contribution is 6.32. The van der Waals surface area contributed by atoms with Gasteiger partial charge >= 0.3 is 0 Å². The SMILES string of the molecule is COc1ccc(F)c(CC2CCNC2)c1Cl. The molecule has 1 fully saturated rings. The summed E-state index contributed by atoms with van der Waals surface area (Å²) in [6.07, 6.45) is 1.75. The van der Waals surface area contributed by atoms with E-state index in [0.29, 0.717) is 28.7 Å². The normalized spacial score (nSPS) is 20.1. The van der Waals surface area contributed by atoms with E-state index in [2.05, 4.69) is 5.32 Å². The van der Waals surface area contributed by atoms with Gasteiger partial charge in [-0.25, -0.2) is 4.39 Å². The Bertz CT molecular complexity index is 378. The molecule has 2 rings (SSSR count). The van der Waals surface area contributed by atoms with Gasteiger partial charge in [0.1, 0.15) is 11.6 Å². The zero-order chi connectivity index (χ0) is 11.5. The summed E-state index contributed by atoms with van der Waals surface area (Å²) < 4.78 is 18.8. The van der Waals surface area contributed by atoms with Gasteiger partial charge < -0.3 is 10.1 Å². The minimum absolute atomic E-state index is 0.238. The molecule has 0 bridgehead atoms. The van der Waals surface area contributed by atoms with E-state index < -0.39 is 0 Å². The third-order valence-electron chi connectivity index (χ3n) is 3.03. The number of methoxy groups -OCH3 is 1. The number of ether oxygens (including phenoxy) is 1. The Morgan fingerprint density at radius 2 is 2.38 bits per heavy atom. The zero-order valence-corrected chi connectivity index (χ0v) is 9.98. The highest BCUT2D eigenvalue weighted by atomic mass is 35.5. The van der Waals surface area contributed by atoms with Crippen LogP contribution in [0.4, 0.5) is 4.39 Å². The maximum absolute atomic E-state index is 13.7. The van der Waals surface area contributed by atoms with Crippen LogP contribution in [-0.4, -0.2) is 20.2 Å². The molecule has 16 heavy (non-hydrogen) atoms. The van der Waals surface area contributed by atoms with E-state index in [1.807, 2.05) is 0 Å². The largest absolute Gasteiger partial charge is 0.495 e. The van der Waals surface area contributed by atoms with E-state index in [1.165, 1.54) is 6.07 Å². The van der Waals surface area contributed by atoms with Crippen molar-refractivity contribution in [3.63, 3.8) is 0 Å². The second-order valence-corrected chi connectivity index (χ2v) is 4.48. The van der Waals surface area contributed by atoms with Crippen LogP contribution in [0.3, 0.4) is 0 Å². The smallest absolute Gasteiger partial charge is 0.137 e. The third-order valence-corrected chi connectivity index (χ3v) is 3.44. The van der Waals surface area contributed by atoms with Crippen LogP contribution in [0.25, 0.3) is 0 Å². The second kappa shape index (κ2) is 5.02. The fourth-order valence-corrected chi connectivity index (χ4v) is 2.41. The van der Waals surface area contributed by atoms with Gasteiger partial charge in [-0.3, -0.25) is 0 Å². The molecule has 4 heteroatoms. The van der Waals surface area contributed by atoms with Crippen molar-refractivity contribution in [3.8, 4) is 5.75 Å². The number of rotatable bonds is 3. The standard InChI is InChI=1S/C12H15ClFNO/c1-16-11-3-2-10(14)9(12(11)13)6-8-4-5-15-7-8/h2-3,8,15H,4-7H2,1H3. The predicted octanol–water partition coefficient (Wildman–Crippen LogP) is 2.64. The van der Waals surface area contributed by atoms with Crippen molar-refractivity contribution in [2.75, 3.05) is 20.2 Å². The lowest BCUT2D eigenvalue weighted by Gasteiger charge is -2.13. The highest BCUT2D eigenvalue weighted by Gasteiger charge is 2.20. The molecule has 1 atom stereocenters. The first-order chi connectivity index (χ1) is 7.72. The van der Waals surface area contributed by atoms with Gasteiger partial charge in [-0.15, -0.1) is 0 Å². The first-order valence-corrected chi connectivity index (χ1v) is 5.81. The molecule has 0 saturated carbocycles. The molecule has 0 aromatic heterocycles. The lowest BCUT2D eigenvalue weighted by Crippen LogP contribution is -2.11. The van der Waals surface area contributed by atoms with E-state index in [9.17, 15) is 4.39 Å². The third kappa shape index (κ3) is 2.30. The van der Waals surface area contributed by atoms with Gasteiger partial charge in [0.05, 0.1) is 12.1 Å². The number of hydrogen-bond donors (Lipinski definition) is 1. The van der Waals surface area contributed by atoms with Crippen LogP contribution in [0, 0.1) is 11.7 Å². The molecule has 1 heterocycles. The minimum Gasteiger partial charge on any atom is -0.495 e. The Kier molecular flexibility index (Phi) is 3.66. The van der Waals surface area contributed by atoms with E-state index >= 15 is 0 Å². The van der Waals surface area contributed by atoms with Gasteiger partial charge in [0, 0.05) is 5.56 Å². The van der Waals surface area contributed by atoms with Crippen LogP contribution in [0.5, 0.6) is 5.75 Å². The van der Waals surface area contributed by atoms with Gasteiger partial charge in [0.2, 0.25) is 0 Å².